The molecule has 0 radical (unpaired) electrons. The van der Waals surface area contributed by atoms with Crippen LogP contribution in [0.25, 0.3) is 21.5 Å². The predicted octanol–water partition coefficient (Wildman–Crippen LogP) is 3.71. The van der Waals surface area contributed by atoms with E-state index in [0.29, 0.717) is 50.6 Å². The van der Waals surface area contributed by atoms with Gasteiger partial charge in [-0.05, 0) is 32.7 Å². The first-order valence-electron chi connectivity index (χ1n) is 11.3. The molecule has 0 aliphatic rings. The van der Waals surface area contributed by atoms with Crippen LogP contribution in [0.4, 0.5) is 0 Å². The van der Waals surface area contributed by atoms with Gasteiger partial charge >= 0.3 is 19.5 Å². The third-order valence-electron chi connectivity index (χ3n) is 5.40. The Hall–Kier alpha value is -3.12. The second kappa shape index (κ2) is 13.7. The molecule has 0 saturated heterocycles. The van der Waals surface area contributed by atoms with Crippen molar-refractivity contribution in [2.75, 3.05) is 39.5 Å². The fourth-order valence-corrected chi connectivity index (χ4v) is 3.69. The maximum atomic E-state index is 12.1. The number of nitrogens with zero attached hydrogens (tertiary/aromatic N) is 2. The number of hydrogen-bond acceptors (Lipinski definition) is 6. The van der Waals surface area contributed by atoms with Crippen molar-refractivity contribution in [3.63, 3.8) is 0 Å². The first-order valence-corrected chi connectivity index (χ1v) is 11.3. The van der Waals surface area contributed by atoms with Crippen molar-refractivity contribution in [2.24, 2.45) is 9.98 Å². The van der Waals surface area contributed by atoms with Gasteiger partial charge in [0, 0.05) is 12.4 Å². The molecule has 0 aromatic heterocycles. The van der Waals surface area contributed by atoms with E-state index in [1.165, 1.54) is 0 Å². The van der Waals surface area contributed by atoms with Gasteiger partial charge in [-0.2, -0.15) is 0 Å². The second-order valence-corrected chi connectivity index (χ2v) is 7.69. The van der Waals surface area contributed by atoms with E-state index < -0.39 is 0 Å². The Morgan fingerprint density at radius 2 is 1.00 bits per heavy atom. The molecule has 0 atom stereocenters. The summed E-state index contributed by atoms with van der Waals surface area (Å²) in [5.74, 6) is -0.0716. The van der Waals surface area contributed by atoms with E-state index in [1.54, 1.807) is 24.6 Å². The Labute approximate surface area is 217 Å². The smallest absolute Gasteiger partial charge is 0.872 e. The molecule has 6 nitrogen and oxygen atoms in total. The van der Waals surface area contributed by atoms with E-state index in [-0.39, 0.29) is 31.0 Å². The van der Waals surface area contributed by atoms with Crippen LogP contribution in [0.3, 0.4) is 0 Å². The van der Waals surface area contributed by atoms with E-state index in [0.717, 1.165) is 21.5 Å². The zero-order valence-electron chi connectivity index (χ0n) is 19.6. The van der Waals surface area contributed by atoms with Crippen LogP contribution in [0, 0.1) is 0 Å². The Bertz CT molecular complexity index is 1210. The molecule has 4 aromatic carbocycles. The molecule has 174 valence electrons. The number of benzene rings is 4. The molecule has 0 unspecified atom stereocenters. The zero-order chi connectivity index (χ0) is 23.6. The van der Waals surface area contributed by atoms with E-state index in [9.17, 15) is 10.2 Å². The van der Waals surface area contributed by atoms with Gasteiger partial charge in [-0.3, -0.25) is 9.98 Å². The van der Waals surface area contributed by atoms with E-state index >= 15 is 0 Å². The topological polar surface area (TPSA) is 89.3 Å². The predicted molar refractivity (Wildman–Crippen MR) is 133 cm³/mol. The minimum absolute atomic E-state index is 0. The average molecular weight is 520 g/mol. The summed E-state index contributed by atoms with van der Waals surface area (Å²) in [7, 11) is 0. The molecule has 0 N–H and O–H groups in total. The summed E-state index contributed by atoms with van der Waals surface area (Å²) in [6.45, 7) is 2.74. The van der Waals surface area contributed by atoms with Gasteiger partial charge in [0.1, 0.15) is 0 Å². The number of fused-ring (bicyclic) bond motifs is 2. The van der Waals surface area contributed by atoms with Crippen molar-refractivity contribution in [1.82, 2.24) is 0 Å². The maximum Gasteiger partial charge on any atom is 2.00 e. The summed E-state index contributed by atoms with van der Waals surface area (Å²) < 4.78 is 11.1. The molecule has 0 fully saturated rings. The minimum Gasteiger partial charge on any atom is -0.872 e. The van der Waals surface area contributed by atoms with Crippen molar-refractivity contribution < 1.29 is 39.2 Å². The third kappa shape index (κ3) is 7.18. The molecule has 0 aliphatic carbocycles. The molecule has 0 bridgehead atoms. The number of rotatable bonds is 11. The van der Waals surface area contributed by atoms with Crippen LogP contribution < -0.4 is 10.2 Å². The molecule has 0 aliphatic heterocycles. The number of ether oxygens (including phenoxy) is 2. The second-order valence-electron chi connectivity index (χ2n) is 7.69. The van der Waals surface area contributed by atoms with Crippen molar-refractivity contribution in [3.8, 4) is 11.5 Å². The number of hydrogen-bond donors (Lipinski definition) is 0. The Kier molecular flexibility index (Phi) is 10.4. The van der Waals surface area contributed by atoms with Crippen LogP contribution in [0.1, 0.15) is 11.1 Å². The first kappa shape index (κ1) is 26.5. The summed E-state index contributed by atoms with van der Waals surface area (Å²) in [5, 5.41) is 28.1. The van der Waals surface area contributed by atoms with Gasteiger partial charge in [0.05, 0.1) is 39.5 Å². The fraction of sp³-hybridized carbons (Fsp3) is 0.214. The van der Waals surface area contributed by atoms with E-state index in [1.807, 2.05) is 60.7 Å². The number of aliphatic imine (C=N–C) groups is 2. The summed E-state index contributed by atoms with van der Waals surface area (Å²) in [4.78, 5) is 8.67. The van der Waals surface area contributed by atoms with Crippen molar-refractivity contribution >= 4 is 34.0 Å². The van der Waals surface area contributed by atoms with Crippen LogP contribution in [-0.2, 0) is 29.0 Å². The average Bonchev–Trinajstić information content (AvgIpc) is 2.87. The summed E-state index contributed by atoms with van der Waals surface area (Å²) in [6, 6.07) is 22.3. The molecule has 0 spiro atoms. The van der Waals surface area contributed by atoms with Crippen LogP contribution in [0.15, 0.2) is 82.8 Å². The third-order valence-corrected chi connectivity index (χ3v) is 5.40. The zero-order valence-corrected chi connectivity index (χ0v) is 22.5. The molecular weight excluding hydrogens is 494 g/mol. The van der Waals surface area contributed by atoms with Gasteiger partial charge in [-0.15, -0.1) is 0 Å². The normalized spacial score (nSPS) is 11.5. The van der Waals surface area contributed by atoms with Crippen LogP contribution in [0.2, 0.25) is 0 Å². The van der Waals surface area contributed by atoms with Crippen LogP contribution >= 0.6 is 0 Å². The Balaban J connectivity index is 0.00000342. The van der Waals surface area contributed by atoms with Crippen molar-refractivity contribution in [2.45, 2.75) is 0 Å². The Morgan fingerprint density at radius 1 is 0.571 bits per heavy atom. The molecular formula is C28H26N2O4Zn. The summed E-state index contributed by atoms with van der Waals surface area (Å²) in [5.41, 5.74) is 1.21. The van der Waals surface area contributed by atoms with Crippen molar-refractivity contribution in [1.29, 1.82) is 0 Å². The molecule has 4 aromatic rings. The van der Waals surface area contributed by atoms with Crippen molar-refractivity contribution in [3.05, 3.63) is 83.9 Å². The SMILES string of the molecule is [O-]c1ccc2ccccc2c1C=NCCOCCOCCN=Cc1c([O-])ccc2ccccc12.[Zn+2]. The molecule has 35 heavy (non-hydrogen) atoms. The minimum atomic E-state index is -0.0358. The van der Waals surface area contributed by atoms with Gasteiger partial charge in [0.25, 0.3) is 0 Å². The fourth-order valence-electron chi connectivity index (χ4n) is 3.69. The van der Waals surface area contributed by atoms with E-state index in [4.69, 9.17) is 9.47 Å². The van der Waals surface area contributed by atoms with Gasteiger partial charge in [-0.1, -0.05) is 84.3 Å². The van der Waals surface area contributed by atoms with Gasteiger partial charge < -0.3 is 19.7 Å². The molecule has 0 heterocycles. The van der Waals surface area contributed by atoms with Gasteiger partial charge in [0.15, 0.2) is 0 Å². The molecule has 0 amide bonds. The summed E-state index contributed by atoms with van der Waals surface area (Å²) in [6.07, 6.45) is 3.26. The largest absolute Gasteiger partial charge is 2.00 e. The maximum absolute atomic E-state index is 12.1. The van der Waals surface area contributed by atoms with Crippen LogP contribution in [0.5, 0.6) is 11.5 Å². The molecule has 4 rings (SSSR count). The summed E-state index contributed by atoms with van der Waals surface area (Å²) >= 11 is 0. The molecule has 0 saturated carbocycles. The van der Waals surface area contributed by atoms with Gasteiger partial charge in [-0.25, -0.2) is 0 Å². The quantitative estimate of drug-likeness (QED) is 0.172. The van der Waals surface area contributed by atoms with Crippen LogP contribution in [-0.4, -0.2) is 51.9 Å². The monoisotopic (exact) mass is 518 g/mol. The first-order chi connectivity index (χ1) is 16.7. The van der Waals surface area contributed by atoms with E-state index in [2.05, 4.69) is 9.98 Å². The Morgan fingerprint density at radius 3 is 1.46 bits per heavy atom. The molecule has 7 heteroatoms. The van der Waals surface area contributed by atoms with Gasteiger partial charge in [0.2, 0.25) is 0 Å². The standard InChI is InChI=1S/C28H28N2O4.Zn/c31-27-11-9-21-5-1-3-7-23(21)25(27)19-29-13-15-33-17-18-34-16-14-30-20-26-24-8-4-2-6-22(24)10-12-28(26)32;/h1-12,19-20,31-32H,13-18H2;/q;+2/p-2.